The molecule has 8 heteroatoms. The number of aliphatic hydroxyl groups is 1. The van der Waals surface area contributed by atoms with Crippen molar-refractivity contribution >= 4 is 15.7 Å². The van der Waals surface area contributed by atoms with E-state index in [0.29, 0.717) is 12.8 Å². The van der Waals surface area contributed by atoms with Gasteiger partial charge >= 0.3 is 5.69 Å². The zero-order valence-electron chi connectivity index (χ0n) is 10.2. The van der Waals surface area contributed by atoms with Crippen LogP contribution in [0.5, 0.6) is 0 Å². The fourth-order valence-corrected chi connectivity index (χ4v) is 1.65. The van der Waals surface area contributed by atoms with Crippen LogP contribution >= 0.6 is 0 Å². The van der Waals surface area contributed by atoms with Gasteiger partial charge in [0, 0.05) is 18.7 Å². The number of aromatic nitrogens is 2. The second kappa shape index (κ2) is 7.02. The normalized spacial score (nSPS) is 21.3. The molecule has 1 aliphatic rings. The molecule has 2 N–H and O–H groups in total. The molecule has 1 saturated heterocycles. The van der Waals surface area contributed by atoms with E-state index >= 15 is 0 Å². The minimum atomic E-state index is -0.564. The van der Waals surface area contributed by atoms with Crippen molar-refractivity contribution in [2.75, 3.05) is 6.51 Å². The second-order valence-corrected chi connectivity index (χ2v) is 3.74. The number of nitrogens with zero attached hydrogens (tertiary/aromatic N) is 1. The van der Waals surface area contributed by atoms with Crippen LogP contribution in [0.3, 0.4) is 0 Å². The van der Waals surface area contributed by atoms with Crippen molar-refractivity contribution in [2.24, 2.45) is 0 Å². The SMILES string of the molecule is [B]CO.[B][C@@H]1CCC(n2cc(C#C)c(=O)[nH]c2=O)O1. The average Bonchev–Trinajstić information content (AvgIpc) is 2.77. The van der Waals surface area contributed by atoms with Gasteiger partial charge in [-0.2, -0.15) is 0 Å². The van der Waals surface area contributed by atoms with E-state index in [4.69, 9.17) is 24.1 Å². The average molecular weight is 258 g/mol. The first-order chi connectivity index (χ1) is 9.03. The number of ether oxygens (including phenoxy) is 1. The molecule has 0 aliphatic carbocycles. The first-order valence-electron chi connectivity index (χ1n) is 5.57. The van der Waals surface area contributed by atoms with E-state index < -0.39 is 17.5 Å². The smallest absolute Gasteiger partial charge is 0.330 e. The van der Waals surface area contributed by atoms with Gasteiger partial charge in [-0.15, -0.1) is 6.42 Å². The Labute approximate surface area is 112 Å². The fourth-order valence-electron chi connectivity index (χ4n) is 1.65. The number of H-pyrrole nitrogens is 1. The molecule has 2 atom stereocenters. The highest BCUT2D eigenvalue weighted by molar-refractivity contribution is 6.11. The Hall–Kier alpha value is -1.71. The maximum atomic E-state index is 11.5. The molecule has 2 rings (SSSR count). The summed E-state index contributed by atoms with van der Waals surface area (Å²) in [5.41, 5.74) is -1.00. The van der Waals surface area contributed by atoms with Crippen molar-refractivity contribution in [3.8, 4) is 12.3 Å². The van der Waals surface area contributed by atoms with Crippen molar-refractivity contribution in [3.63, 3.8) is 0 Å². The largest absolute Gasteiger partial charge is 0.406 e. The van der Waals surface area contributed by atoms with Crippen LogP contribution in [-0.2, 0) is 4.74 Å². The van der Waals surface area contributed by atoms with Crippen LogP contribution in [0.1, 0.15) is 24.6 Å². The molecule has 2 heterocycles. The topological polar surface area (TPSA) is 84.3 Å². The lowest BCUT2D eigenvalue weighted by Crippen LogP contribution is -2.33. The quantitative estimate of drug-likeness (QED) is 0.470. The number of hydrogen-bond donors (Lipinski definition) is 2. The van der Waals surface area contributed by atoms with E-state index in [2.05, 4.69) is 18.8 Å². The van der Waals surface area contributed by atoms with Crippen molar-refractivity contribution in [1.29, 1.82) is 0 Å². The van der Waals surface area contributed by atoms with Gasteiger partial charge in [-0.25, -0.2) is 4.79 Å². The summed E-state index contributed by atoms with van der Waals surface area (Å²) in [5, 5.41) is 7.35. The predicted octanol–water partition coefficient (Wildman–Crippen LogP) is -1.57. The molecule has 1 aromatic rings. The van der Waals surface area contributed by atoms with Gasteiger partial charge in [-0.3, -0.25) is 14.3 Å². The lowest BCUT2D eigenvalue weighted by atomic mass is 9.98. The van der Waals surface area contributed by atoms with Gasteiger partial charge in [0.1, 0.15) is 27.5 Å². The molecule has 0 amide bonds. The molecule has 1 fully saturated rings. The van der Waals surface area contributed by atoms with E-state index in [0.717, 1.165) is 0 Å². The molecule has 1 aromatic heterocycles. The molecule has 1 unspecified atom stereocenters. The number of hydrogen-bond acceptors (Lipinski definition) is 4. The van der Waals surface area contributed by atoms with Crippen molar-refractivity contribution in [2.45, 2.75) is 25.1 Å². The van der Waals surface area contributed by atoms with Crippen molar-refractivity contribution < 1.29 is 9.84 Å². The molecule has 0 spiro atoms. The van der Waals surface area contributed by atoms with Crippen LogP contribution in [0, 0.1) is 12.3 Å². The van der Waals surface area contributed by atoms with Gasteiger partial charge in [-0.05, 0) is 12.8 Å². The second-order valence-electron chi connectivity index (χ2n) is 3.74. The summed E-state index contributed by atoms with van der Waals surface area (Å²) in [6.07, 6.45) is 7.31. The van der Waals surface area contributed by atoms with Crippen LogP contribution in [0.15, 0.2) is 15.8 Å². The van der Waals surface area contributed by atoms with Crippen molar-refractivity contribution in [1.82, 2.24) is 9.55 Å². The molecular formula is C11H12B2N2O4. The molecule has 96 valence electrons. The summed E-state index contributed by atoms with van der Waals surface area (Å²) in [6, 6.07) is -0.377. The van der Waals surface area contributed by atoms with Crippen LogP contribution in [0.25, 0.3) is 0 Å². The zero-order valence-corrected chi connectivity index (χ0v) is 10.2. The Morgan fingerprint density at radius 1 is 1.58 bits per heavy atom. The Morgan fingerprint density at radius 2 is 2.21 bits per heavy atom. The number of rotatable bonds is 1. The van der Waals surface area contributed by atoms with Crippen molar-refractivity contribution in [3.05, 3.63) is 32.6 Å². The highest BCUT2D eigenvalue weighted by Gasteiger charge is 2.24. The minimum absolute atomic E-state index is 0.101. The maximum absolute atomic E-state index is 11.5. The Kier molecular flexibility index (Phi) is 5.67. The molecule has 1 aliphatic heterocycles. The minimum Gasteiger partial charge on any atom is -0.406 e. The summed E-state index contributed by atoms with van der Waals surface area (Å²) in [6.45, 7) is -0.250. The molecule has 0 bridgehead atoms. The summed E-state index contributed by atoms with van der Waals surface area (Å²) in [4.78, 5) is 24.9. The standard InChI is InChI=1S/C10H9BN2O3.CH3BO/c1-2-6-5-13(10(15)12-9(6)14)8-4-3-7(11)16-8;2-1-3/h1,5,7-8H,3-4H2,(H,12,14,15);3H,1H2/t7-,8?;/m0./s1. The lowest BCUT2D eigenvalue weighted by molar-refractivity contribution is 0.0339. The summed E-state index contributed by atoms with van der Waals surface area (Å²) >= 11 is 0. The van der Waals surface area contributed by atoms with Crippen LogP contribution in [-0.4, -0.2) is 42.9 Å². The molecule has 6 nitrogen and oxygen atoms in total. The Morgan fingerprint density at radius 3 is 2.68 bits per heavy atom. The molecule has 0 aromatic carbocycles. The Balaban J connectivity index is 0.000000550. The lowest BCUT2D eigenvalue weighted by Gasteiger charge is -2.14. The first kappa shape index (κ1) is 15.3. The van der Waals surface area contributed by atoms with Gasteiger partial charge in [-0.1, -0.05) is 5.92 Å². The summed E-state index contributed by atoms with van der Waals surface area (Å²) in [5.74, 6) is 2.21. The third kappa shape index (κ3) is 3.88. The van der Waals surface area contributed by atoms with E-state index in [1.54, 1.807) is 0 Å². The first-order valence-corrected chi connectivity index (χ1v) is 5.57. The molecule has 4 radical (unpaired) electrons. The van der Waals surface area contributed by atoms with E-state index in [1.165, 1.54) is 10.8 Å². The van der Waals surface area contributed by atoms with Crippen LogP contribution in [0.2, 0.25) is 0 Å². The predicted molar refractivity (Wildman–Crippen MR) is 71.0 cm³/mol. The van der Waals surface area contributed by atoms with Gasteiger partial charge in [0.05, 0.1) is 0 Å². The van der Waals surface area contributed by atoms with Crippen LogP contribution < -0.4 is 11.2 Å². The summed E-state index contributed by atoms with van der Waals surface area (Å²) < 4.78 is 6.58. The zero-order chi connectivity index (χ0) is 14.4. The highest BCUT2D eigenvalue weighted by atomic mass is 16.5. The third-order valence-electron chi connectivity index (χ3n) is 2.46. The number of nitrogens with one attached hydrogen (secondary N) is 1. The van der Waals surface area contributed by atoms with E-state index in [1.807, 2.05) is 0 Å². The highest BCUT2D eigenvalue weighted by Crippen LogP contribution is 2.24. The number of aliphatic hydroxyl groups excluding tert-OH is 1. The monoisotopic (exact) mass is 258 g/mol. The Bertz CT molecular complexity index is 575. The van der Waals surface area contributed by atoms with E-state index in [9.17, 15) is 9.59 Å². The van der Waals surface area contributed by atoms with Gasteiger partial charge in [0.15, 0.2) is 0 Å². The van der Waals surface area contributed by atoms with Gasteiger partial charge < -0.3 is 9.84 Å². The maximum Gasteiger partial charge on any atom is 0.330 e. The summed E-state index contributed by atoms with van der Waals surface area (Å²) in [7, 11) is 9.97. The van der Waals surface area contributed by atoms with Gasteiger partial charge in [0.25, 0.3) is 5.56 Å². The molecular weight excluding hydrogens is 246 g/mol. The number of terminal acetylenes is 1. The number of aromatic amines is 1. The molecule has 19 heavy (non-hydrogen) atoms. The van der Waals surface area contributed by atoms with Gasteiger partial charge in [0.2, 0.25) is 0 Å². The molecule has 0 saturated carbocycles. The van der Waals surface area contributed by atoms with Crippen LogP contribution in [0.4, 0.5) is 0 Å². The van der Waals surface area contributed by atoms with E-state index in [-0.39, 0.29) is 18.1 Å². The fraction of sp³-hybridized carbons (Fsp3) is 0.455. The third-order valence-corrected chi connectivity index (χ3v) is 2.46.